The van der Waals surface area contributed by atoms with E-state index in [2.05, 4.69) is 19.9 Å². The van der Waals surface area contributed by atoms with Gasteiger partial charge in [-0.15, -0.1) is 0 Å². The third-order valence-corrected chi connectivity index (χ3v) is 8.08. The van der Waals surface area contributed by atoms with E-state index in [9.17, 15) is 9.90 Å². The number of nitrogens with zero attached hydrogens (tertiary/aromatic N) is 6. The Hall–Kier alpha value is -2.46. The molecule has 4 heterocycles. The zero-order valence-corrected chi connectivity index (χ0v) is 21.8. The molecule has 2 aliphatic rings. The first kappa shape index (κ1) is 25.2. The Balaban J connectivity index is 1.48. The van der Waals surface area contributed by atoms with Crippen molar-refractivity contribution in [3.8, 4) is 0 Å². The fraction of sp³-hybridized carbons (Fsp3) is 0.520. The highest BCUT2D eigenvalue weighted by Gasteiger charge is 2.34. The number of nitrogens with two attached hydrogens (primary N) is 1. The van der Waals surface area contributed by atoms with Crippen molar-refractivity contribution in [3.05, 3.63) is 45.7 Å². The number of aliphatic hydroxyl groups is 1. The van der Waals surface area contributed by atoms with Crippen LogP contribution in [0.1, 0.15) is 54.7 Å². The molecule has 5 rings (SSSR count). The second-order valence-corrected chi connectivity index (χ2v) is 10.6. The van der Waals surface area contributed by atoms with E-state index in [1.54, 1.807) is 23.0 Å². The summed E-state index contributed by atoms with van der Waals surface area (Å²) in [5.41, 5.74) is 7.28. The predicted octanol–water partition coefficient (Wildman–Crippen LogP) is 3.51. The number of halogens is 2. The normalized spacial score (nSPS) is 22.2. The summed E-state index contributed by atoms with van der Waals surface area (Å²) >= 11 is 12.6. The summed E-state index contributed by atoms with van der Waals surface area (Å²) in [4.78, 5) is 26.3. The molecule has 3 N–H and O–H groups in total. The van der Waals surface area contributed by atoms with Gasteiger partial charge in [0.25, 0.3) is 5.91 Å². The Morgan fingerprint density at radius 3 is 2.69 bits per heavy atom. The van der Waals surface area contributed by atoms with E-state index >= 15 is 0 Å². The molecule has 3 aromatic rings. The summed E-state index contributed by atoms with van der Waals surface area (Å²) in [6.45, 7) is 5.76. The van der Waals surface area contributed by atoms with Crippen LogP contribution in [0.5, 0.6) is 0 Å². The molecule has 0 saturated carbocycles. The van der Waals surface area contributed by atoms with Gasteiger partial charge < -0.3 is 15.7 Å². The fourth-order valence-electron chi connectivity index (χ4n) is 5.60. The molecule has 11 heteroatoms. The molecule has 1 aromatic carbocycles. The third kappa shape index (κ3) is 4.77. The lowest BCUT2D eigenvalue weighted by Crippen LogP contribution is -2.53. The largest absolute Gasteiger partial charge is 0.396 e. The number of primary amides is 1. The molecule has 192 valence electrons. The number of carbonyl (C=O) groups excluding carboxylic acids is 1. The number of benzene rings is 1. The summed E-state index contributed by atoms with van der Waals surface area (Å²) in [6.07, 6.45) is 6.35. The van der Waals surface area contributed by atoms with Crippen molar-refractivity contribution in [2.45, 2.75) is 44.7 Å². The number of likely N-dealkylation sites (tertiary alicyclic amines) is 1. The van der Waals surface area contributed by atoms with Gasteiger partial charge in [0, 0.05) is 41.7 Å². The highest BCUT2D eigenvalue weighted by Crippen LogP contribution is 2.32. The van der Waals surface area contributed by atoms with Crippen LogP contribution in [0, 0.1) is 5.92 Å². The number of carbonyl (C=O) groups is 1. The Morgan fingerprint density at radius 2 is 2.00 bits per heavy atom. The first-order valence-electron chi connectivity index (χ1n) is 12.5. The molecule has 2 saturated heterocycles. The Kier molecular flexibility index (Phi) is 7.35. The second kappa shape index (κ2) is 10.5. The van der Waals surface area contributed by atoms with Crippen LogP contribution < -0.4 is 10.6 Å². The van der Waals surface area contributed by atoms with Gasteiger partial charge in [-0.3, -0.25) is 9.69 Å². The average molecular weight is 532 g/mol. The van der Waals surface area contributed by atoms with Gasteiger partial charge in [0.15, 0.2) is 11.3 Å². The minimum atomic E-state index is -0.669. The number of hydrogen-bond acceptors (Lipinski definition) is 7. The number of fused-ring (bicyclic) bond motifs is 1. The van der Waals surface area contributed by atoms with Crippen LogP contribution in [0.3, 0.4) is 0 Å². The zero-order chi connectivity index (χ0) is 25.4. The van der Waals surface area contributed by atoms with E-state index in [4.69, 9.17) is 33.9 Å². The Labute approximate surface area is 220 Å². The van der Waals surface area contributed by atoms with Gasteiger partial charge in [-0.1, -0.05) is 35.7 Å². The topological polar surface area (TPSA) is 113 Å². The summed E-state index contributed by atoms with van der Waals surface area (Å²) in [5.74, 6) is 0.148. The van der Waals surface area contributed by atoms with Crippen LogP contribution in [0.4, 0.5) is 5.82 Å². The second-order valence-electron chi connectivity index (χ2n) is 9.74. The molecule has 2 aromatic heterocycles. The number of anilines is 1. The van der Waals surface area contributed by atoms with E-state index in [1.165, 1.54) is 19.3 Å². The lowest BCUT2D eigenvalue weighted by molar-refractivity contribution is 0.0676. The predicted molar refractivity (Wildman–Crippen MR) is 141 cm³/mol. The molecule has 36 heavy (non-hydrogen) atoms. The summed E-state index contributed by atoms with van der Waals surface area (Å²) in [5, 5.41) is 15.7. The molecular weight excluding hydrogens is 501 g/mol. The van der Waals surface area contributed by atoms with Crippen molar-refractivity contribution < 1.29 is 9.90 Å². The molecule has 0 aliphatic carbocycles. The van der Waals surface area contributed by atoms with Crippen molar-refractivity contribution in [3.63, 3.8) is 0 Å². The Morgan fingerprint density at radius 1 is 1.22 bits per heavy atom. The Bertz CT molecular complexity index is 1260. The zero-order valence-electron chi connectivity index (χ0n) is 20.3. The highest BCUT2D eigenvalue weighted by atomic mass is 35.5. The summed E-state index contributed by atoms with van der Waals surface area (Å²) in [7, 11) is 0. The molecule has 2 aliphatic heterocycles. The fourth-order valence-corrected chi connectivity index (χ4v) is 6.16. The number of aromatic nitrogens is 4. The molecule has 1 amide bonds. The van der Waals surface area contributed by atoms with Gasteiger partial charge in [0.1, 0.15) is 11.3 Å². The van der Waals surface area contributed by atoms with Crippen LogP contribution in [-0.4, -0.2) is 74.5 Å². The molecule has 3 unspecified atom stereocenters. The van der Waals surface area contributed by atoms with E-state index in [0.29, 0.717) is 39.6 Å². The van der Waals surface area contributed by atoms with Crippen molar-refractivity contribution >= 4 is 46.1 Å². The van der Waals surface area contributed by atoms with Crippen LogP contribution in [0.2, 0.25) is 10.0 Å². The van der Waals surface area contributed by atoms with Crippen LogP contribution in [0.15, 0.2) is 24.4 Å². The minimum Gasteiger partial charge on any atom is -0.396 e. The first-order chi connectivity index (χ1) is 17.4. The number of aliphatic hydroxyl groups excluding tert-OH is 1. The van der Waals surface area contributed by atoms with Gasteiger partial charge in [-0.2, -0.15) is 5.10 Å². The van der Waals surface area contributed by atoms with Crippen LogP contribution in [-0.2, 0) is 0 Å². The van der Waals surface area contributed by atoms with Crippen molar-refractivity contribution in [2.24, 2.45) is 11.7 Å². The first-order valence-corrected chi connectivity index (χ1v) is 13.2. The van der Waals surface area contributed by atoms with E-state index in [-0.39, 0.29) is 24.3 Å². The van der Waals surface area contributed by atoms with Crippen molar-refractivity contribution in [2.75, 3.05) is 37.7 Å². The van der Waals surface area contributed by atoms with Gasteiger partial charge in [0.2, 0.25) is 0 Å². The molecular formula is C25H31Cl2N7O2. The third-order valence-electron chi connectivity index (χ3n) is 7.52. The lowest BCUT2D eigenvalue weighted by atomic mass is 9.90. The molecule has 0 bridgehead atoms. The maximum atomic E-state index is 12.1. The quantitative estimate of drug-likeness (QED) is 0.500. The molecule has 9 nitrogen and oxygen atoms in total. The molecule has 0 spiro atoms. The molecule has 2 fully saturated rings. The summed E-state index contributed by atoms with van der Waals surface area (Å²) in [6, 6.07) is 5.31. The van der Waals surface area contributed by atoms with Gasteiger partial charge in [-0.05, 0) is 57.0 Å². The number of rotatable bonds is 6. The van der Waals surface area contributed by atoms with E-state index < -0.39 is 5.91 Å². The van der Waals surface area contributed by atoms with Crippen molar-refractivity contribution in [1.29, 1.82) is 0 Å². The van der Waals surface area contributed by atoms with Crippen LogP contribution in [0.25, 0.3) is 11.2 Å². The maximum absolute atomic E-state index is 12.1. The van der Waals surface area contributed by atoms with Crippen LogP contribution >= 0.6 is 23.2 Å². The summed E-state index contributed by atoms with van der Waals surface area (Å²) < 4.78 is 1.64. The number of piperidine rings is 2. The van der Waals surface area contributed by atoms with Gasteiger partial charge in [0.05, 0.1) is 12.2 Å². The smallest absolute Gasteiger partial charge is 0.271 e. The number of hydrogen-bond donors (Lipinski definition) is 2. The SMILES string of the molecule is CC(c1ccc(Cl)cc1Cl)n1nc(C(N)=O)c2ncc(N3CCC(N4CCCCC4)C(CO)C3)nc21. The van der Waals surface area contributed by atoms with E-state index in [0.717, 1.165) is 31.6 Å². The monoisotopic (exact) mass is 531 g/mol. The van der Waals surface area contributed by atoms with E-state index in [1.807, 2.05) is 13.0 Å². The average Bonchev–Trinajstić information content (AvgIpc) is 3.28. The molecule has 0 radical (unpaired) electrons. The lowest BCUT2D eigenvalue weighted by Gasteiger charge is -2.45. The molecule has 3 atom stereocenters. The van der Waals surface area contributed by atoms with Gasteiger partial charge >= 0.3 is 0 Å². The number of amides is 1. The standard InChI is InChI=1S/C25H31Cl2N7O2/c1-15(18-6-5-17(26)11-19(18)27)34-25-23(22(31-34)24(28)36)29-12-21(30-25)33-10-7-20(16(13-33)14-35)32-8-3-2-4-9-32/h5-6,11-12,15-16,20,35H,2-4,7-10,13-14H2,1H3,(H2,28,36). The minimum absolute atomic E-state index is 0.0676. The highest BCUT2D eigenvalue weighted by molar-refractivity contribution is 6.35. The van der Waals surface area contributed by atoms with Gasteiger partial charge in [-0.25, -0.2) is 14.6 Å². The maximum Gasteiger partial charge on any atom is 0.271 e. The van der Waals surface area contributed by atoms with Crippen molar-refractivity contribution in [1.82, 2.24) is 24.6 Å².